The maximum atomic E-state index is 12.1. The number of rotatable bonds is 6. The predicted molar refractivity (Wildman–Crippen MR) is 70.3 cm³/mol. The smallest absolute Gasteiger partial charge is 0.331 e. The lowest BCUT2D eigenvalue weighted by molar-refractivity contribution is -0.148. The first-order chi connectivity index (χ1) is 8.71. The second kappa shape index (κ2) is 7.03. The van der Waals surface area contributed by atoms with Crippen molar-refractivity contribution < 1.29 is 9.53 Å². The van der Waals surface area contributed by atoms with Gasteiger partial charge in [0.15, 0.2) is 5.41 Å². The molecule has 0 aliphatic rings. The van der Waals surface area contributed by atoms with Gasteiger partial charge in [-0.25, -0.2) is 4.79 Å². The maximum Gasteiger partial charge on any atom is 0.331 e. The largest absolute Gasteiger partial charge is 0.465 e. The Morgan fingerprint density at radius 2 is 2.11 bits per heavy atom. The third-order valence-corrected chi connectivity index (χ3v) is 3.03. The van der Waals surface area contributed by atoms with E-state index < -0.39 is 11.4 Å². The van der Waals surface area contributed by atoms with Crippen molar-refractivity contribution in [2.45, 2.75) is 25.2 Å². The van der Waals surface area contributed by atoms with Crippen LogP contribution < -0.4 is 0 Å². The van der Waals surface area contributed by atoms with Crippen LogP contribution in [0.25, 0.3) is 0 Å². The third-order valence-electron chi connectivity index (χ3n) is 2.77. The molecule has 0 saturated heterocycles. The summed E-state index contributed by atoms with van der Waals surface area (Å²) in [4.78, 5) is 12.1. The Labute approximate surface area is 112 Å². The van der Waals surface area contributed by atoms with E-state index in [-0.39, 0.29) is 6.61 Å². The van der Waals surface area contributed by atoms with Crippen LogP contribution in [0.4, 0.5) is 0 Å². The Hall–Kier alpha value is -1.53. The summed E-state index contributed by atoms with van der Waals surface area (Å²) in [6, 6.07) is 11.1. The van der Waals surface area contributed by atoms with Crippen molar-refractivity contribution in [3.8, 4) is 6.07 Å². The van der Waals surface area contributed by atoms with Gasteiger partial charge in [0.2, 0.25) is 0 Å². The highest BCUT2D eigenvalue weighted by Gasteiger charge is 2.41. The van der Waals surface area contributed by atoms with Crippen LogP contribution >= 0.6 is 11.6 Å². The fourth-order valence-electron chi connectivity index (χ4n) is 1.84. The van der Waals surface area contributed by atoms with Crippen molar-refractivity contribution in [2.75, 3.05) is 12.5 Å². The molecule has 0 amide bonds. The predicted octanol–water partition coefficient (Wildman–Crippen LogP) is 3.03. The molecule has 18 heavy (non-hydrogen) atoms. The molecule has 0 heterocycles. The number of benzene rings is 1. The van der Waals surface area contributed by atoms with Crippen LogP contribution in [0.2, 0.25) is 0 Å². The topological polar surface area (TPSA) is 50.1 Å². The van der Waals surface area contributed by atoms with Gasteiger partial charge in [0.05, 0.1) is 12.7 Å². The molecule has 1 aromatic rings. The molecule has 4 heteroatoms. The number of hydrogen-bond donors (Lipinski definition) is 0. The van der Waals surface area contributed by atoms with Gasteiger partial charge in [-0.2, -0.15) is 5.26 Å². The lowest BCUT2D eigenvalue weighted by atomic mass is 9.78. The number of esters is 1. The van der Waals surface area contributed by atoms with E-state index in [4.69, 9.17) is 16.3 Å². The minimum atomic E-state index is -1.24. The van der Waals surface area contributed by atoms with Gasteiger partial charge in [0.25, 0.3) is 0 Å². The van der Waals surface area contributed by atoms with Crippen molar-refractivity contribution >= 4 is 17.6 Å². The van der Waals surface area contributed by atoms with E-state index in [1.54, 1.807) is 31.2 Å². The van der Waals surface area contributed by atoms with E-state index in [0.29, 0.717) is 24.3 Å². The minimum Gasteiger partial charge on any atom is -0.465 e. The Morgan fingerprint density at radius 3 is 2.61 bits per heavy atom. The molecule has 0 radical (unpaired) electrons. The Balaban J connectivity index is 3.15. The zero-order valence-corrected chi connectivity index (χ0v) is 11.1. The summed E-state index contributed by atoms with van der Waals surface area (Å²) in [5, 5.41) is 9.46. The molecule has 0 unspecified atom stereocenters. The van der Waals surface area contributed by atoms with Gasteiger partial charge in [-0.05, 0) is 25.3 Å². The molecule has 0 fully saturated rings. The molecular formula is C14H16ClNO2. The molecule has 0 bridgehead atoms. The first-order valence-corrected chi connectivity index (χ1v) is 6.44. The molecular weight excluding hydrogens is 250 g/mol. The highest BCUT2D eigenvalue weighted by molar-refractivity contribution is 6.17. The summed E-state index contributed by atoms with van der Waals surface area (Å²) in [5.41, 5.74) is -0.581. The Bertz CT molecular complexity index is 427. The van der Waals surface area contributed by atoms with E-state index in [9.17, 15) is 10.1 Å². The second-order valence-corrected chi connectivity index (χ2v) is 4.27. The number of hydrogen-bond acceptors (Lipinski definition) is 3. The SMILES string of the molecule is CCOC(=O)[C@@](C#N)(CCCCl)c1ccccc1. The van der Waals surface area contributed by atoms with Gasteiger partial charge in [0, 0.05) is 5.88 Å². The van der Waals surface area contributed by atoms with E-state index in [1.807, 2.05) is 6.07 Å². The fourth-order valence-corrected chi connectivity index (χ4v) is 1.97. The van der Waals surface area contributed by atoms with Crippen LogP contribution in [0.1, 0.15) is 25.3 Å². The molecule has 1 aromatic carbocycles. The average molecular weight is 266 g/mol. The van der Waals surface area contributed by atoms with Gasteiger partial charge in [-0.1, -0.05) is 30.3 Å². The number of carbonyl (C=O) groups is 1. The molecule has 0 saturated carbocycles. The Morgan fingerprint density at radius 1 is 1.44 bits per heavy atom. The van der Waals surface area contributed by atoms with Crippen molar-refractivity contribution in [2.24, 2.45) is 0 Å². The van der Waals surface area contributed by atoms with Gasteiger partial charge in [-0.15, -0.1) is 11.6 Å². The highest BCUT2D eigenvalue weighted by atomic mass is 35.5. The summed E-state index contributed by atoms with van der Waals surface area (Å²) in [6.07, 6.45) is 0.957. The van der Waals surface area contributed by atoms with Gasteiger partial charge in [0.1, 0.15) is 0 Å². The monoisotopic (exact) mass is 265 g/mol. The van der Waals surface area contributed by atoms with E-state index >= 15 is 0 Å². The van der Waals surface area contributed by atoms with Crippen molar-refractivity contribution in [1.82, 2.24) is 0 Å². The first kappa shape index (κ1) is 14.5. The Kier molecular flexibility index (Phi) is 5.67. The summed E-state index contributed by atoms with van der Waals surface area (Å²) in [5.74, 6) is -0.0841. The summed E-state index contributed by atoms with van der Waals surface area (Å²) in [7, 11) is 0. The lowest BCUT2D eigenvalue weighted by Crippen LogP contribution is -2.36. The fraction of sp³-hybridized carbons (Fsp3) is 0.429. The molecule has 1 atom stereocenters. The van der Waals surface area contributed by atoms with Crippen LogP contribution in [0.3, 0.4) is 0 Å². The first-order valence-electron chi connectivity index (χ1n) is 5.91. The van der Waals surface area contributed by atoms with E-state index in [0.717, 1.165) is 0 Å². The standard InChI is InChI=1S/C14H16ClNO2/c1-2-18-13(17)14(11-16,9-6-10-15)12-7-4-3-5-8-12/h3-5,7-8H,2,6,9-10H2,1H3/t14-/m1/s1. The zero-order chi connectivity index (χ0) is 13.4. The number of alkyl halides is 1. The summed E-state index contributed by atoms with van der Waals surface area (Å²) >= 11 is 5.67. The van der Waals surface area contributed by atoms with Crippen molar-refractivity contribution in [1.29, 1.82) is 5.26 Å². The molecule has 3 nitrogen and oxygen atoms in total. The molecule has 1 rings (SSSR count). The lowest BCUT2D eigenvalue weighted by Gasteiger charge is -2.24. The molecule has 0 aliphatic heterocycles. The van der Waals surface area contributed by atoms with Crippen LogP contribution in [-0.2, 0) is 14.9 Å². The molecule has 0 N–H and O–H groups in total. The average Bonchev–Trinajstić information content (AvgIpc) is 2.42. The van der Waals surface area contributed by atoms with Crippen molar-refractivity contribution in [3.05, 3.63) is 35.9 Å². The minimum absolute atomic E-state index is 0.260. The van der Waals surface area contributed by atoms with Crippen molar-refractivity contribution in [3.63, 3.8) is 0 Å². The van der Waals surface area contributed by atoms with E-state index in [2.05, 4.69) is 6.07 Å². The maximum absolute atomic E-state index is 12.1. The molecule has 0 aliphatic carbocycles. The van der Waals surface area contributed by atoms with E-state index in [1.165, 1.54) is 0 Å². The second-order valence-electron chi connectivity index (χ2n) is 3.90. The summed E-state index contributed by atoms with van der Waals surface area (Å²) < 4.78 is 5.05. The molecule has 96 valence electrons. The van der Waals surface area contributed by atoms with Gasteiger partial charge < -0.3 is 4.74 Å². The normalized spacial score (nSPS) is 13.4. The molecule has 0 spiro atoms. The van der Waals surface area contributed by atoms with Crippen LogP contribution in [0, 0.1) is 11.3 Å². The van der Waals surface area contributed by atoms with Crippen LogP contribution in [0.5, 0.6) is 0 Å². The zero-order valence-electron chi connectivity index (χ0n) is 10.4. The quantitative estimate of drug-likeness (QED) is 0.587. The van der Waals surface area contributed by atoms with Crippen LogP contribution in [-0.4, -0.2) is 18.5 Å². The molecule has 0 aromatic heterocycles. The number of carbonyl (C=O) groups excluding carboxylic acids is 1. The number of halogens is 1. The third kappa shape index (κ3) is 3.02. The number of nitrogens with zero attached hydrogens (tertiary/aromatic N) is 1. The number of nitriles is 1. The summed E-state index contributed by atoms with van der Waals surface area (Å²) in [6.45, 7) is 1.99. The van der Waals surface area contributed by atoms with Gasteiger partial charge in [-0.3, -0.25) is 0 Å². The van der Waals surface area contributed by atoms with Gasteiger partial charge >= 0.3 is 5.97 Å². The van der Waals surface area contributed by atoms with Crippen LogP contribution in [0.15, 0.2) is 30.3 Å². The highest BCUT2D eigenvalue weighted by Crippen LogP contribution is 2.30. The number of ether oxygens (including phenoxy) is 1.